The lowest BCUT2D eigenvalue weighted by atomic mass is 9.82. The van der Waals surface area contributed by atoms with Gasteiger partial charge in [-0.25, -0.2) is 19.2 Å². The van der Waals surface area contributed by atoms with E-state index in [0.717, 1.165) is 0 Å². The van der Waals surface area contributed by atoms with Crippen LogP contribution in [0.2, 0.25) is 0 Å². The third-order valence-corrected chi connectivity index (χ3v) is 9.33. The van der Waals surface area contributed by atoms with Gasteiger partial charge in [-0.2, -0.15) is 0 Å². The first-order valence-electron chi connectivity index (χ1n) is 15.6. The molecule has 4 bridgehead atoms. The predicted molar refractivity (Wildman–Crippen MR) is 173 cm³/mol. The van der Waals surface area contributed by atoms with Gasteiger partial charge in [0, 0.05) is 27.8 Å². The summed E-state index contributed by atoms with van der Waals surface area (Å²) < 4.78 is 21.3. The molecule has 0 unspecified atom stereocenters. The number of ether oxygens (including phenoxy) is 4. The Morgan fingerprint density at radius 2 is 0.804 bits per heavy atom. The molecule has 0 saturated heterocycles. The number of phenols is 12. The molecule has 0 saturated carbocycles. The van der Waals surface area contributed by atoms with Gasteiger partial charge in [0.25, 0.3) is 0 Å². The van der Waals surface area contributed by atoms with E-state index in [9.17, 15) is 90.7 Å². The van der Waals surface area contributed by atoms with E-state index in [1.165, 1.54) is 0 Å². The number of cyclic esters (lactones) is 2. The summed E-state index contributed by atoms with van der Waals surface area (Å²) in [6.07, 6.45) is -12.4. The van der Waals surface area contributed by atoms with E-state index in [1.54, 1.807) is 0 Å². The third-order valence-electron chi connectivity index (χ3n) is 9.33. The monoisotopic (exact) mass is 784 g/mol. The predicted octanol–water partition coefficient (Wildman–Crippen LogP) is 0.356. The number of benzene rings is 4. The van der Waals surface area contributed by atoms with Crippen molar-refractivity contribution in [2.45, 2.75) is 30.5 Å². The zero-order valence-corrected chi connectivity index (χ0v) is 27.4. The van der Waals surface area contributed by atoms with Gasteiger partial charge in [-0.05, 0) is 18.2 Å². The number of phenolic OH excluding ortho intramolecular Hbond substituents is 12. The first-order chi connectivity index (χ1) is 26.3. The fraction of sp³-hybridized carbons (Fsp3) is 0.176. The average molecular weight is 785 g/mol. The molecule has 22 nitrogen and oxygen atoms in total. The maximum absolute atomic E-state index is 14.1. The molecule has 56 heavy (non-hydrogen) atoms. The van der Waals surface area contributed by atoms with Gasteiger partial charge in [-0.15, -0.1) is 0 Å². The highest BCUT2D eigenvalue weighted by Crippen LogP contribution is 2.58. The maximum atomic E-state index is 14.1. The van der Waals surface area contributed by atoms with Gasteiger partial charge < -0.3 is 90.4 Å². The van der Waals surface area contributed by atoms with Gasteiger partial charge in [0.1, 0.15) is 18.8 Å². The Morgan fingerprint density at radius 1 is 0.411 bits per heavy atom. The van der Waals surface area contributed by atoms with Crippen molar-refractivity contribution >= 4 is 23.9 Å². The largest absolute Gasteiger partial charge is 0.504 e. The number of aliphatic hydroxyl groups is 2. The number of hydrogen-bond acceptors (Lipinski definition) is 22. The van der Waals surface area contributed by atoms with E-state index in [4.69, 9.17) is 18.9 Å². The minimum Gasteiger partial charge on any atom is -0.504 e. The molecule has 0 amide bonds. The Hall–Kier alpha value is -7.72. The van der Waals surface area contributed by atoms with Crippen molar-refractivity contribution < 1.29 is 110 Å². The number of carbonyl (C=O) groups is 4. The molecular formula is C34H24O22. The summed E-state index contributed by atoms with van der Waals surface area (Å²) in [6, 6.07) is 1.33. The Balaban J connectivity index is 1.48. The molecule has 5 atom stereocenters. The van der Waals surface area contributed by atoms with Crippen LogP contribution in [-0.2, 0) is 18.9 Å². The quantitative estimate of drug-likeness (QED) is 0.0703. The molecule has 0 radical (unpaired) electrons. The van der Waals surface area contributed by atoms with Crippen LogP contribution in [0.15, 0.2) is 18.2 Å². The number of hydrogen-bond donors (Lipinski definition) is 14. The van der Waals surface area contributed by atoms with Crippen LogP contribution >= 0.6 is 0 Å². The molecule has 0 aromatic heterocycles. The van der Waals surface area contributed by atoms with Crippen molar-refractivity contribution in [3.8, 4) is 91.2 Å². The Morgan fingerprint density at radius 3 is 1.29 bits per heavy atom. The minimum absolute atomic E-state index is 0.403. The average Bonchev–Trinajstić information content (AvgIpc) is 3.16. The van der Waals surface area contributed by atoms with Crippen LogP contribution in [0.3, 0.4) is 0 Å². The van der Waals surface area contributed by atoms with Gasteiger partial charge in [0.2, 0.25) is 23.0 Å². The highest BCUT2D eigenvalue weighted by atomic mass is 16.6. The van der Waals surface area contributed by atoms with E-state index in [0.29, 0.717) is 18.2 Å². The van der Waals surface area contributed by atoms with E-state index in [2.05, 4.69) is 0 Å². The van der Waals surface area contributed by atoms with E-state index < -0.39 is 180 Å². The van der Waals surface area contributed by atoms with Crippen molar-refractivity contribution in [1.29, 1.82) is 0 Å². The maximum Gasteiger partial charge on any atom is 0.339 e. The second kappa shape index (κ2) is 12.4. The normalized spacial score (nSPS) is 21.6. The van der Waals surface area contributed by atoms with Crippen molar-refractivity contribution in [3.05, 3.63) is 46.0 Å². The van der Waals surface area contributed by atoms with Gasteiger partial charge in [0.15, 0.2) is 64.3 Å². The Labute approximate surface area is 307 Å². The first kappa shape index (κ1) is 36.6. The summed E-state index contributed by atoms with van der Waals surface area (Å²) in [7, 11) is 0. The van der Waals surface area contributed by atoms with Crippen LogP contribution in [0.5, 0.6) is 69.0 Å². The van der Waals surface area contributed by atoms with Crippen LogP contribution in [-0.4, -0.2) is 126 Å². The first-order valence-corrected chi connectivity index (χ1v) is 15.6. The molecular weight excluding hydrogens is 760 g/mol. The lowest BCUT2D eigenvalue weighted by Crippen LogP contribution is -2.55. The Bertz CT molecular complexity index is 2470. The van der Waals surface area contributed by atoms with E-state index in [1.807, 2.05) is 0 Å². The number of fused-ring (bicyclic) bond motifs is 6. The number of esters is 4. The molecule has 4 aromatic carbocycles. The summed E-state index contributed by atoms with van der Waals surface area (Å²) in [5.41, 5.74) is -9.23. The van der Waals surface area contributed by atoms with Crippen LogP contribution in [0.4, 0.5) is 0 Å². The lowest BCUT2D eigenvalue weighted by Gasteiger charge is -2.40. The molecule has 4 heterocycles. The summed E-state index contributed by atoms with van der Waals surface area (Å²) in [6.45, 7) is -1.31. The summed E-state index contributed by atoms with van der Waals surface area (Å²) >= 11 is 0. The molecule has 0 aliphatic carbocycles. The third kappa shape index (κ3) is 5.03. The van der Waals surface area contributed by atoms with E-state index >= 15 is 0 Å². The second-order valence-corrected chi connectivity index (χ2v) is 12.5. The van der Waals surface area contributed by atoms with Crippen LogP contribution in [0, 0.1) is 0 Å². The number of aliphatic hydroxyl groups excluding tert-OH is 2. The molecule has 4 aliphatic heterocycles. The highest BCUT2D eigenvalue weighted by molar-refractivity contribution is 6.11. The van der Waals surface area contributed by atoms with Crippen LogP contribution in [0.25, 0.3) is 22.3 Å². The fourth-order valence-corrected chi connectivity index (χ4v) is 6.70. The zero-order valence-electron chi connectivity index (χ0n) is 27.4. The van der Waals surface area contributed by atoms with Crippen molar-refractivity contribution in [3.63, 3.8) is 0 Å². The standard InChI is InChI=1S/C34H24O22/c35-8-1-5-12(21(42)18(8)39)13-6(2-9(36)19(40)22(13)43)32(50)54-28(11(38)4-53-31(5)49)30-29-26(47)17-16(34(52)55-29)15(24(45)27(48)25(17)46)14-7(33(51)56-30)3-10(37)20(41)23(14)44/h1-3,11,26,28-30,35-48H,4H2/t11-,26+,28-,29-,30-/m1/s1. The molecule has 22 heteroatoms. The van der Waals surface area contributed by atoms with Gasteiger partial charge in [0.05, 0.1) is 22.3 Å². The lowest BCUT2D eigenvalue weighted by molar-refractivity contribution is -0.153. The van der Waals surface area contributed by atoms with Crippen molar-refractivity contribution in [2.75, 3.05) is 6.61 Å². The zero-order chi connectivity index (χ0) is 41.0. The molecule has 4 aliphatic rings. The van der Waals surface area contributed by atoms with Gasteiger partial charge >= 0.3 is 23.9 Å². The van der Waals surface area contributed by atoms with Gasteiger partial charge in [-0.1, -0.05) is 0 Å². The molecule has 0 fully saturated rings. The van der Waals surface area contributed by atoms with E-state index in [-0.39, 0.29) is 0 Å². The smallest absolute Gasteiger partial charge is 0.339 e. The van der Waals surface area contributed by atoms with Crippen molar-refractivity contribution in [2.24, 2.45) is 0 Å². The topological polar surface area (TPSA) is 388 Å². The fourth-order valence-electron chi connectivity index (χ4n) is 6.70. The van der Waals surface area contributed by atoms with Crippen LogP contribution in [0.1, 0.15) is 53.1 Å². The Kier molecular flexibility index (Phi) is 8.13. The number of rotatable bonds is 1. The SMILES string of the molecule is O=C1OC[C@@H](O)[C@H]([C@H]2OC(=O)c3cc(O)c(O)c(O)c3-c3c(O)c(O)c(O)c4c3C(=O)O[C@@H]2[C@H]4O)OC(=O)c2cc(O)c(O)c(O)c2-c2c1cc(O)c(O)c2O. The number of aromatic hydroxyl groups is 12. The summed E-state index contributed by atoms with van der Waals surface area (Å²) in [4.78, 5) is 55.1. The second-order valence-electron chi connectivity index (χ2n) is 12.5. The molecule has 0 spiro atoms. The van der Waals surface area contributed by atoms with Crippen LogP contribution < -0.4 is 0 Å². The molecule has 14 N–H and O–H groups in total. The van der Waals surface area contributed by atoms with Gasteiger partial charge in [-0.3, -0.25) is 0 Å². The number of carbonyl (C=O) groups excluding carboxylic acids is 4. The minimum atomic E-state index is -2.55. The summed E-state index contributed by atoms with van der Waals surface area (Å²) in [5.74, 6) is -22.9. The van der Waals surface area contributed by atoms with Crippen molar-refractivity contribution in [1.82, 2.24) is 0 Å². The molecule has 4 aromatic rings. The molecule has 292 valence electrons. The summed E-state index contributed by atoms with van der Waals surface area (Å²) in [5, 5.41) is 150. The highest BCUT2D eigenvalue weighted by Gasteiger charge is 2.53. The molecule has 8 rings (SSSR count).